The molecule has 7 heteroatoms. The van der Waals surface area contributed by atoms with Crippen LogP contribution < -0.4 is 9.47 Å². The third-order valence-corrected chi connectivity index (χ3v) is 7.64. The van der Waals surface area contributed by atoms with E-state index in [1.54, 1.807) is 0 Å². The van der Waals surface area contributed by atoms with Crippen LogP contribution in [-0.4, -0.2) is 29.9 Å². The molecule has 3 rings (SSSR count). The van der Waals surface area contributed by atoms with Crippen LogP contribution in [0.1, 0.15) is 61.3 Å². The number of hydrogen-bond donors (Lipinski definition) is 0. The second-order valence-corrected chi connectivity index (χ2v) is 14.2. The third-order valence-electron chi connectivity index (χ3n) is 4.66. The van der Waals surface area contributed by atoms with Crippen molar-refractivity contribution in [1.29, 1.82) is 0 Å². The van der Waals surface area contributed by atoms with Crippen molar-refractivity contribution >= 4 is 21.0 Å². The molecule has 0 aliphatic rings. The van der Waals surface area contributed by atoms with Gasteiger partial charge in [-0.15, -0.1) is 0 Å². The van der Waals surface area contributed by atoms with Gasteiger partial charge in [0.15, 0.2) is 14.7 Å². The fourth-order valence-corrected chi connectivity index (χ4v) is 6.11. The van der Waals surface area contributed by atoms with Crippen LogP contribution in [0.4, 0.5) is 0 Å². The van der Waals surface area contributed by atoms with Gasteiger partial charge in [-0.3, -0.25) is 0 Å². The van der Waals surface area contributed by atoms with Crippen molar-refractivity contribution < 1.29 is 22.4 Å². The van der Waals surface area contributed by atoms with E-state index in [1.165, 1.54) is 14.7 Å². The highest BCUT2D eigenvalue weighted by Gasteiger charge is 2.30. The lowest BCUT2D eigenvalue weighted by molar-refractivity contribution is 0.130. The van der Waals surface area contributed by atoms with Crippen molar-refractivity contribution in [2.45, 2.75) is 87.2 Å². The predicted octanol–water partition coefficient (Wildman–Crippen LogP) is 7.47. The van der Waals surface area contributed by atoms with Gasteiger partial charge in [-0.25, -0.2) is 8.42 Å². The number of unbranched alkanes of at least 4 members (excludes halogenated alkanes) is 1. The SMILES string of the molecule is CC(C)(C)Oc1cccc([S+](c2ccccc2)c2cccc(OC(C)(C)C)c2)c1.CCCCS(=O)(=O)[O-]. The second kappa shape index (κ2) is 13.4. The maximum atomic E-state index is 9.83. The van der Waals surface area contributed by atoms with Crippen LogP contribution in [0.5, 0.6) is 11.5 Å². The minimum absolute atomic E-state index is 0.219. The monoisotopic (exact) mass is 544 g/mol. The van der Waals surface area contributed by atoms with E-state index in [4.69, 9.17) is 9.47 Å². The van der Waals surface area contributed by atoms with Crippen molar-refractivity contribution in [1.82, 2.24) is 0 Å². The van der Waals surface area contributed by atoms with Gasteiger partial charge in [0.05, 0.1) is 21.0 Å². The van der Waals surface area contributed by atoms with Gasteiger partial charge < -0.3 is 14.0 Å². The fourth-order valence-electron chi connectivity index (χ4n) is 3.32. The molecule has 0 atom stereocenters. The molecule has 0 N–H and O–H groups in total. The van der Waals surface area contributed by atoms with E-state index in [9.17, 15) is 13.0 Å². The largest absolute Gasteiger partial charge is 0.748 e. The lowest BCUT2D eigenvalue weighted by Gasteiger charge is -2.22. The van der Waals surface area contributed by atoms with Gasteiger partial charge in [-0.1, -0.05) is 43.7 Å². The summed E-state index contributed by atoms with van der Waals surface area (Å²) in [6, 6.07) is 27.5. The summed E-state index contributed by atoms with van der Waals surface area (Å²) in [6.07, 6.45) is 1.23. The Bertz CT molecular complexity index is 1150. The summed E-state index contributed by atoms with van der Waals surface area (Å²) >= 11 is 0. The Labute approximate surface area is 226 Å². The number of rotatable bonds is 8. The van der Waals surface area contributed by atoms with E-state index in [0.717, 1.165) is 17.9 Å². The topological polar surface area (TPSA) is 75.7 Å². The zero-order valence-electron chi connectivity index (χ0n) is 23.0. The molecule has 0 amide bonds. The van der Waals surface area contributed by atoms with Crippen LogP contribution in [-0.2, 0) is 21.0 Å². The Kier molecular flexibility index (Phi) is 11.1. The van der Waals surface area contributed by atoms with E-state index in [2.05, 4.69) is 108 Å². The van der Waals surface area contributed by atoms with E-state index in [0.29, 0.717) is 6.42 Å². The Morgan fingerprint density at radius 1 is 0.703 bits per heavy atom. The summed E-state index contributed by atoms with van der Waals surface area (Å²) < 4.78 is 41.8. The highest BCUT2D eigenvalue weighted by molar-refractivity contribution is 7.97. The molecule has 0 radical (unpaired) electrons. The average Bonchev–Trinajstić information content (AvgIpc) is 2.77. The minimum Gasteiger partial charge on any atom is -0.748 e. The summed E-state index contributed by atoms with van der Waals surface area (Å²) in [4.78, 5) is 3.73. The predicted molar refractivity (Wildman–Crippen MR) is 152 cm³/mol. The number of benzene rings is 3. The molecule has 0 fully saturated rings. The quantitative estimate of drug-likeness (QED) is 0.217. The first kappa shape index (κ1) is 30.7. The second-order valence-electron chi connectivity index (χ2n) is 10.6. The van der Waals surface area contributed by atoms with E-state index in [-0.39, 0.29) is 27.8 Å². The zero-order chi connectivity index (χ0) is 27.7. The number of ether oxygens (including phenoxy) is 2. The third kappa shape index (κ3) is 12.1. The first-order valence-electron chi connectivity index (χ1n) is 12.5. The molecule has 0 unspecified atom stereocenters. The summed E-state index contributed by atoms with van der Waals surface area (Å²) in [7, 11) is -4.19. The average molecular weight is 545 g/mol. The highest BCUT2D eigenvalue weighted by atomic mass is 32.2. The molecule has 0 aromatic heterocycles. The molecule has 3 aromatic carbocycles. The molecular formula is C30H40O5S2. The van der Waals surface area contributed by atoms with Gasteiger partial charge in [0.2, 0.25) is 0 Å². The van der Waals surface area contributed by atoms with Crippen molar-refractivity contribution in [3.05, 3.63) is 78.9 Å². The van der Waals surface area contributed by atoms with Gasteiger partial charge in [-0.2, -0.15) is 0 Å². The molecule has 0 heterocycles. The van der Waals surface area contributed by atoms with Crippen LogP contribution >= 0.6 is 0 Å². The Morgan fingerprint density at radius 2 is 1.14 bits per heavy atom. The molecule has 202 valence electrons. The van der Waals surface area contributed by atoms with Crippen LogP contribution in [0.25, 0.3) is 0 Å². The Balaban J connectivity index is 0.000000521. The standard InChI is InChI=1S/C26H31O2S.C4H10O3S/c1-25(2,3)27-20-12-10-16-23(18-20)29(22-14-8-7-9-15-22)24-17-11-13-21(19-24)28-26(4,5)6;1-2-3-4-8(5,6)7/h7-19H,1-6H3;2-4H2,1H3,(H,5,6,7)/q+1;/p-1. The van der Waals surface area contributed by atoms with Crippen LogP contribution in [0, 0.1) is 0 Å². The lowest BCUT2D eigenvalue weighted by Crippen LogP contribution is -2.23. The van der Waals surface area contributed by atoms with Crippen LogP contribution in [0.3, 0.4) is 0 Å². The van der Waals surface area contributed by atoms with E-state index >= 15 is 0 Å². The smallest absolute Gasteiger partial charge is 0.170 e. The normalized spacial score (nSPS) is 12.0. The summed E-state index contributed by atoms with van der Waals surface area (Å²) in [5.74, 6) is 1.57. The first-order chi connectivity index (χ1) is 17.2. The van der Waals surface area contributed by atoms with Crippen molar-refractivity contribution in [3.8, 4) is 11.5 Å². The van der Waals surface area contributed by atoms with E-state index < -0.39 is 10.1 Å². The minimum atomic E-state index is -3.94. The van der Waals surface area contributed by atoms with Crippen LogP contribution in [0.15, 0.2) is 93.5 Å². The van der Waals surface area contributed by atoms with Gasteiger partial charge in [0.25, 0.3) is 0 Å². The maximum Gasteiger partial charge on any atom is 0.170 e. The van der Waals surface area contributed by atoms with Crippen molar-refractivity contribution in [2.75, 3.05) is 5.75 Å². The summed E-state index contributed by atoms with van der Waals surface area (Å²) in [5.41, 5.74) is -0.463. The van der Waals surface area contributed by atoms with E-state index in [1.807, 2.05) is 19.1 Å². The van der Waals surface area contributed by atoms with Crippen LogP contribution in [0.2, 0.25) is 0 Å². The molecule has 0 saturated heterocycles. The van der Waals surface area contributed by atoms with Crippen molar-refractivity contribution in [2.24, 2.45) is 0 Å². The van der Waals surface area contributed by atoms with Gasteiger partial charge in [0, 0.05) is 17.9 Å². The first-order valence-corrected chi connectivity index (χ1v) is 15.3. The molecule has 0 bridgehead atoms. The lowest BCUT2D eigenvalue weighted by atomic mass is 10.2. The Morgan fingerprint density at radius 3 is 1.49 bits per heavy atom. The molecule has 0 spiro atoms. The molecule has 5 nitrogen and oxygen atoms in total. The van der Waals surface area contributed by atoms with Gasteiger partial charge in [0.1, 0.15) is 22.7 Å². The van der Waals surface area contributed by atoms with Crippen molar-refractivity contribution in [3.63, 3.8) is 0 Å². The molecule has 0 aliphatic carbocycles. The Hall–Kier alpha value is -2.48. The molecule has 0 saturated carbocycles. The van der Waals surface area contributed by atoms with Gasteiger partial charge in [-0.05, 0) is 84.4 Å². The fraction of sp³-hybridized carbons (Fsp3) is 0.400. The zero-order valence-corrected chi connectivity index (χ0v) is 24.6. The molecular weight excluding hydrogens is 504 g/mol. The number of hydrogen-bond acceptors (Lipinski definition) is 5. The summed E-state index contributed by atoms with van der Waals surface area (Å²) in [6.45, 7) is 14.3. The summed E-state index contributed by atoms with van der Waals surface area (Å²) in [5, 5.41) is 0. The maximum absolute atomic E-state index is 9.83. The molecule has 37 heavy (non-hydrogen) atoms. The molecule has 3 aromatic rings. The molecule has 0 aliphatic heterocycles. The highest BCUT2D eigenvalue weighted by Crippen LogP contribution is 2.35. The van der Waals surface area contributed by atoms with Gasteiger partial charge >= 0.3 is 0 Å².